The summed E-state index contributed by atoms with van der Waals surface area (Å²) in [5, 5.41) is 29.4. The molecule has 0 aliphatic heterocycles. The molecule has 0 saturated carbocycles. The summed E-state index contributed by atoms with van der Waals surface area (Å²) < 4.78 is 10.5. The topological polar surface area (TPSA) is 102 Å². The van der Waals surface area contributed by atoms with E-state index in [1.807, 2.05) is 20.8 Å². The molecule has 0 aromatic heterocycles. The third-order valence-corrected chi connectivity index (χ3v) is 3.00. The zero-order valence-electron chi connectivity index (χ0n) is 12.6. The van der Waals surface area contributed by atoms with Gasteiger partial charge in [0.2, 0.25) is 5.75 Å². The number of benzene rings is 1. The molecule has 1 rings (SSSR count). The Morgan fingerprint density at radius 2 is 1.86 bits per heavy atom. The van der Waals surface area contributed by atoms with Crippen molar-refractivity contribution in [1.29, 1.82) is 0 Å². The third-order valence-electron chi connectivity index (χ3n) is 3.00. The minimum absolute atomic E-state index is 0.0279. The Morgan fingerprint density at radius 1 is 1.29 bits per heavy atom. The molecule has 2 N–H and O–H groups in total. The lowest BCUT2D eigenvalue weighted by Crippen LogP contribution is -2.25. The fraction of sp³-hybridized carbons (Fsp3) is 0.571. The second-order valence-electron chi connectivity index (χ2n) is 5.64. The normalized spacial score (nSPS) is 11.6. The molecule has 0 spiro atoms. The lowest BCUT2D eigenvalue weighted by atomic mass is 9.86. The Labute approximate surface area is 123 Å². The van der Waals surface area contributed by atoms with E-state index >= 15 is 0 Å². The van der Waals surface area contributed by atoms with E-state index in [4.69, 9.17) is 19.7 Å². The van der Waals surface area contributed by atoms with Crippen LogP contribution in [0.4, 0.5) is 5.69 Å². The summed E-state index contributed by atoms with van der Waals surface area (Å²) in [6, 6.07) is 3.07. The zero-order valence-corrected chi connectivity index (χ0v) is 12.6. The first-order valence-corrected chi connectivity index (χ1v) is 6.49. The number of nitro groups is 1. The van der Waals surface area contributed by atoms with Gasteiger partial charge in [0, 0.05) is 6.07 Å². The van der Waals surface area contributed by atoms with Gasteiger partial charge in [0.15, 0.2) is 5.75 Å². The molecule has 0 fully saturated rings. The Bertz CT molecular complexity index is 505. The van der Waals surface area contributed by atoms with E-state index in [2.05, 4.69) is 0 Å². The minimum Gasteiger partial charge on any atom is -0.488 e. The molecule has 0 saturated heterocycles. The Hall–Kier alpha value is -1.86. The summed E-state index contributed by atoms with van der Waals surface area (Å²) in [7, 11) is 1.30. The first-order chi connectivity index (χ1) is 9.74. The summed E-state index contributed by atoms with van der Waals surface area (Å²) in [6.07, 6.45) is -0.867. The molecule has 0 heterocycles. The van der Waals surface area contributed by atoms with Gasteiger partial charge >= 0.3 is 5.69 Å². The van der Waals surface area contributed by atoms with Crippen molar-refractivity contribution in [2.75, 3.05) is 20.3 Å². The van der Waals surface area contributed by atoms with Crippen molar-refractivity contribution in [3.8, 4) is 11.5 Å². The van der Waals surface area contributed by atoms with Crippen LogP contribution in [0.1, 0.15) is 26.3 Å². The number of hydrogen-bond acceptors (Lipinski definition) is 6. The van der Waals surface area contributed by atoms with Crippen LogP contribution in [-0.2, 0) is 5.41 Å². The molecule has 0 aliphatic rings. The van der Waals surface area contributed by atoms with Crippen LogP contribution in [0.25, 0.3) is 0 Å². The lowest BCUT2D eigenvalue weighted by molar-refractivity contribution is -0.385. The van der Waals surface area contributed by atoms with Crippen molar-refractivity contribution < 1.29 is 24.6 Å². The fourth-order valence-corrected chi connectivity index (χ4v) is 1.76. The molecular weight excluding hydrogens is 278 g/mol. The largest absolute Gasteiger partial charge is 0.488 e. The highest BCUT2D eigenvalue weighted by Crippen LogP contribution is 2.41. The molecule has 118 valence electrons. The Kier molecular flexibility index (Phi) is 5.51. The van der Waals surface area contributed by atoms with E-state index in [0.717, 1.165) is 0 Å². The number of hydrogen-bond donors (Lipinski definition) is 2. The maximum Gasteiger partial charge on any atom is 0.315 e. The van der Waals surface area contributed by atoms with Crippen molar-refractivity contribution in [3.05, 3.63) is 27.8 Å². The number of methoxy groups -OCH3 is 1. The van der Waals surface area contributed by atoms with Crippen LogP contribution in [0.2, 0.25) is 0 Å². The average Bonchev–Trinajstić information content (AvgIpc) is 2.42. The van der Waals surface area contributed by atoms with Crippen molar-refractivity contribution in [1.82, 2.24) is 0 Å². The van der Waals surface area contributed by atoms with E-state index in [-0.39, 0.29) is 22.6 Å². The van der Waals surface area contributed by atoms with E-state index in [9.17, 15) is 10.1 Å². The van der Waals surface area contributed by atoms with Gasteiger partial charge in [-0.15, -0.1) is 0 Å². The van der Waals surface area contributed by atoms with Crippen LogP contribution in [0.3, 0.4) is 0 Å². The van der Waals surface area contributed by atoms with Gasteiger partial charge in [-0.2, -0.15) is 0 Å². The molecule has 0 aliphatic carbocycles. The highest BCUT2D eigenvalue weighted by molar-refractivity contribution is 5.59. The second kappa shape index (κ2) is 6.73. The number of nitrogens with zero attached hydrogens (tertiary/aromatic N) is 1. The van der Waals surface area contributed by atoms with Crippen molar-refractivity contribution in [2.24, 2.45) is 0 Å². The van der Waals surface area contributed by atoms with Crippen molar-refractivity contribution in [2.45, 2.75) is 32.3 Å². The number of aliphatic hydroxyl groups is 2. The van der Waals surface area contributed by atoms with Crippen molar-refractivity contribution in [3.63, 3.8) is 0 Å². The highest BCUT2D eigenvalue weighted by atomic mass is 16.6. The van der Waals surface area contributed by atoms with E-state index < -0.39 is 24.2 Å². The second-order valence-corrected chi connectivity index (χ2v) is 5.64. The lowest BCUT2D eigenvalue weighted by Gasteiger charge is -2.22. The van der Waals surface area contributed by atoms with Crippen LogP contribution in [-0.4, -0.2) is 41.6 Å². The molecule has 1 aromatic rings. The molecule has 0 unspecified atom stereocenters. The summed E-state index contributed by atoms with van der Waals surface area (Å²) in [6.45, 7) is 4.92. The van der Waals surface area contributed by atoms with E-state index in [1.54, 1.807) is 6.07 Å². The van der Waals surface area contributed by atoms with Crippen LogP contribution in [0.5, 0.6) is 11.5 Å². The monoisotopic (exact) mass is 299 g/mol. The van der Waals surface area contributed by atoms with Gasteiger partial charge in [-0.1, -0.05) is 20.8 Å². The third kappa shape index (κ3) is 4.05. The predicted octanol–water partition coefficient (Wildman–Crippen LogP) is 1.63. The maximum absolute atomic E-state index is 11.2. The molecule has 0 radical (unpaired) electrons. The SMILES string of the molecule is COc1c(OC(CO)CO)cc(C(C)(C)C)cc1[N+](=O)[O-]. The van der Waals surface area contributed by atoms with Gasteiger partial charge in [-0.25, -0.2) is 0 Å². The minimum atomic E-state index is -0.867. The predicted molar refractivity (Wildman–Crippen MR) is 76.9 cm³/mol. The summed E-state index contributed by atoms with van der Waals surface area (Å²) in [5.41, 5.74) is 0.150. The van der Waals surface area contributed by atoms with E-state index in [0.29, 0.717) is 5.56 Å². The number of rotatable bonds is 6. The zero-order chi connectivity index (χ0) is 16.2. The Morgan fingerprint density at radius 3 is 2.24 bits per heavy atom. The van der Waals surface area contributed by atoms with Gasteiger partial charge in [0.25, 0.3) is 0 Å². The molecule has 0 amide bonds. The van der Waals surface area contributed by atoms with Gasteiger partial charge in [-0.3, -0.25) is 10.1 Å². The number of ether oxygens (including phenoxy) is 2. The summed E-state index contributed by atoms with van der Waals surface area (Å²) >= 11 is 0. The van der Waals surface area contributed by atoms with Gasteiger partial charge in [0.1, 0.15) is 6.10 Å². The maximum atomic E-state index is 11.2. The van der Waals surface area contributed by atoms with Gasteiger partial charge in [-0.05, 0) is 17.0 Å². The molecule has 7 heteroatoms. The summed E-state index contributed by atoms with van der Waals surface area (Å²) in [4.78, 5) is 10.7. The summed E-state index contributed by atoms with van der Waals surface area (Å²) in [5.74, 6) is 0.102. The van der Waals surface area contributed by atoms with Gasteiger partial charge in [0.05, 0.1) is 25.2 Å². The first kappa shape index (κ1) is 17.2. The number of aliphatic hydroxyl groups excluding tert-OH is 2. The van der Waals surface area contributed by atoms with E-state index in [1.165, 1.54) is 13.2 Å². The van der Waals surface area contributed by atoms with Crippen LogP contribution >= 0.6 is 0 Å². The first-order valence-electron chi connectivity index (χ1n) is 6.49. The van der Waals surface area contributed by atoms with Crippen molar-refractivity contribution >= 4 is 5.69 Å². The quantitative estimate of drug-likeness (QED) is 0.611. The molecule has 21 heavy (non-hydrogen) atoms. The molecule has 1 aromatic carbocycles. The van der Waals surface area contributed by atoms with Gasteiger partial charge < -0.3 is 19.7 Å². The molecule has 0 atom stereocenters. The number of nitro benzene ring substituents is 1. The fourth-order valence-electron chi connectivity index (χ4n) is 1.76. The molecule has 7 nitrogen and oxygen atoms in total. The average molecular weight is 299 g/mol. The standard InChI is InChI=1S/C14H21NO6/c1-14(2,3)9-5-11(15(18)19)13(20-4)12(6-9)21-10(7-16)8-17/h5-6,10,16-17H,7-8H2,1-4H3. The molecular formula is C14H21NO6. The van der Waals surface area contributed by atoms with Crippen LogP contribution < -0.4 is 9.47 Å². The molecule has 0 bridgehead atoms. The van der Waals surface area contributed by atoms with Crippen LogP contribution in [0.15, 0.2) is 12.1 Å². The van der Waals surface area contributed by atoms with Crippen LogP contribution in [0, 0.1) is 10.1 Å². The highest BCUT2D eigenvalue weighted by Gasteiger charge is 2.27. The smallest absolute Gasteiger partial charge is 0.315 e. The Balaban J connectivity index is 3.44.